The third kappa shape index (κ3) is 2.09. The first-order valence-electron chi connectivity index (χ1n) is 3.45. The highest BCUT2D eigenvalue weighted by Crippen LogP contribution is 2.18. The van der Waals surface area contributed by atoms with Crippen LogP contribution in [0.3, 0.4) is 0 Å². The summed E-state index contributed by atoms with van der Waals surface area (Å²) in [6, 6.07) is 2.95. The number of hydrogen-bond acceptors (Lipinski definition) is 5. The number of anilines is 1. The van der Waals surface area contributed by atoms with Gasteiger partial charge in [0.2, 0.25) is 5.88 Å². The minimum absolute atomic E-state index is 0.128. The molecule has 0 unspecified atom stereocenters. The maximum absolute atomic E-state index is 11.1. The third-order valence-electron chi connectivity index (χ3n) is 1.42. The van der Waals surface area contributed by atoms with Crippen LogP contribution in [-0.4, -0.2) is 26.8 Å². The van der Waals surface area contributed by atoms with Crippen molar-refractivity contribution in [2.45, 2.75) is 5.03 Å². The van der Waals surface area contributed by atoms with Crippen LogP contribution in [-0.2, 0) is 9.84 Å². The second kappa shape index (κ2) is 3.21. The molecule has 1 heterocycles. The van der Waals surface area contributed by atoms with Gasteiger partial charge in [-0.3, -0.25) is 0 Å². The number of methoxy groups -OCH3 is 1. The number of ether oxygens (including phenoxy) is 1. The van der Waals surface area contributed by atoms with E-state index in [9.17, 15) is 8.42 Å². The zero-order chi connectivity index (χ0) is 10.1. The number of nitrogens with zero attached hydrogens (tertiary/aromatic N) is 1. The van der Waals surface area contributed by atoms with E-state index in [4.69, 9.17) is 10.5 Å². The van der Waals surface area contributed by atoms with Crippen LogP contribution in [0.2, 0.25) is 0 Å². The highest BCUT2D eigenvalue weighted by molar-refractivity contribution is 7.90. The fraction of sp³-hybridized carbons (Fsp3) is 0.286. The molecule has 1 aromatic rings. The van der Waals surface area contributed by atoms with Crippen molar-refractivity contribution in [3.05, 3.63) is 12.1 Å². The summed E-state index contributed by atoms with van der Waals surface area (Å²) >= 11 is 0. The van der Waals surface area contributed by atoms with Gasteiger partial charge in [-0.25, -0.2) is 8.42 Å². The van der Waals surface area contributed by atoms with E-state index in [1.807, 2.05) is 0 Å². The van der Waals surface area contributed by atoms with Crippen molar-refractivity contribution >= 4 is 15.5 Å². The molecule has 72 valence electrons. The number of sulfone groups is 1. The van der Waals surface area contributed by atoms with Crippen molar-refractivity contribution in [3.63, 3.8) is 0 Å². The van der Waals surface area contributed by atoms with Gasteiger partial charge in [-0.15, -0.1) is 0 Å². The van der Waals surface area contributed by atoms with E-state index >= 15 is 0 Å². The fourth-order valence-corrected chi connectivity index (χ4v) is 1.60. The molecule has 13 heavy (non-hydrogen) atoms. The van der Waals surface area contributed by atoms with Gasteiger partial charge in [0, 0.05) is 12.3 Å². The summed E-state index contributed by atoms with van der Waals surface area (Å²) in [5, 5.41) is -0.146. The van der Waals surface area contributed by atoms with Gasteiger partial charge in [0.25, 0.3) is 0 Å². The van der Waals surface area contributed by atoms with E-state index in [1.165, 1.54) is 19.2 Å². The van der Waals surface area contributed by atoms with Gasteiger partial charge in [-0.05, 0) is 6.07 Å². The molecule has 0 bridgehead atoms. The van der Waals surface area contributed by atoms with Crippen molar-refractivity contribution < 1.29 is 13.2 Å². The van der Waals surface area contributed by atoms with Crippen molar-refractivity contribution in [1.29, 1.82) is 0 Å². The molecule has 1 rings (SSSR count). The Morgan fingerprint density at radius 1 is 1.46 bits per heavy atom. The molecular formula is C7H10N2O3S. The molecule has 0 aliphatic carbocycles. The molecule has 1 aromatic heterocycles. The first-order valence-corrected chi connectivity index (χ1v) is 5.35. The molecular weight excluding hydrogens is 192 g/mol. The Hall–Kier alpha value is -1.30. The minimum Gasteiger partial charge on any atom is -0.481 e. The Bertz CT molecular complexity index is 414. The summed E-state index contributed by atoms with van der Waals surface area (Å²) < 4.78 is 27.0. The zero-order valence-corrected chi connectivity index (χ0v) is 8.13. The average molecular weight is 202 g/mol. The Morgan fingerprint density at radius 3 is 2.54 bits per heavy atom. The van der Waals surface area contributed by atoms with E-state index in [1.54, 1.807) is 0 Å². The maximum atomic E-state index is 11.1. The summed E-state index contributed by atoms with van der Waals surface area (Å²) in [6.45, 7) is 0. The maximum Gasteiger partial charge on any atom is 0.214 e. The minimum atomic E-state index is -3.38. The van der Waals surface area contributed by atoms with Crippen LogP contribution >= 0.6 is 0 Å². The van der Waals surface area contributed by atoms with Crippen LogP contribution in [0.1, 0.15) is 0 Å². The summed E-state index contributed by atoms with van der Waals surface area (Å²) in [5.41, 5.74) is 5.56. The quantitative estimate of drug-likeness (QED) is 0.734. The summed E-state index contributed by atoms with van der Waals surface area (Å²) in [7, 11) is -1.97. The predicted octanol–water partition coefficient (Wildman–Crippen LogP) is 0.0759. The lowest BCUT2D eigenvalue weighted by Gasteiger charge is -2.04. The lowest BCUT2D eigenvalue weighted by atomic mass is 10.4. The Kier molecular flexibility index (Phi) is 2.42. The topological polar surface area (TPSA) is 82.3 Å². The van der Waals surface area contributed by atoms with Crippen molar-refractivity contribution in [2.24, 2.45) is 0 Å². The van der Waals surface area contributed by atoms with Gasteiger partial charge in [-0.2, -0.15) is 4.98 Å². The third-order valence-corrected chi connectivity index (χ3v) is 2.45. The van der Waals surface area contributed by atoms with Crippen LogP contribution in [0.4, 0.5) is 5.69 Å². The summed E-state index contributed by atoms with van der Waals surface area (Å²) in [6.07, 6.45) is 1.05. The van der Waals surface area contributed by atoms with E-state index in [-0.39, 0.29) is 16.6 Å². The second-order valence-electron chi connectivity index (χ2n) is 2.52. The Labute approximate surface area is 76.5 Å². The molecule has 0 aliphatic heterocycles. The van der Waals surface area contributed by atoms with Crippen molar-refractivity contribution in [2.75, 3.05) is 19.1 Å². The highest BCUT2D eigenvalue weighted by atomic mass is 32.2. The number of hydrogen-bond donors (Lipinski definition) is 1. The highest BCUT2D eigenvalue weighted by Gasteiger charge is 2.14. The van der Waals surface area contributed by atoms with Gasteiger partial charge < -0.3 is 10.5 Å². The SMILES string of the molecule is COc1ccc(N)c(S(C)(=O)=O)n1. The smallest absolute Gasteiger partial charge is 0.214 e. The largest absolute Gasteiger partial charge is 0.481 e. The van der Waals surface area contributed by atoms with E-state index in [2.05, 4.69) is 4.98 Å². The molecule has 2 N–H and O–H groups in total. The van der Waals surface area contributed by atoms with Gasteiger partial charge in [0.15, 0.2) is 14.9 Å². The molecule has 0 atom stereocenters. The number of aromatic nitrogens is 1. The number of nitrogen functional groups attached to an aromatic ring is 1. The summed E-state index contributed by atoms with van der Waals surface area (Å²) in [4.78, 5) is 3.73. The number of nitrogens with two attached hydrogens (primary N) is 1. The Morgan fingerprint density at radius 2 is 2.08 bits per heavy atom. The molecule has 0 aromatic carbocycles. The normalized spacial score (nSPS) is 11.2. The lowest BCUT2D eigenvalue weighted by Crippen LogP contribution is -2.06. The average Bonchev–Trinajstić information content (AvgIpc) is 2.03. The van der Waals surface area contributed by atoms with Crippen LogP contribution < -0.4 is 10.5 Å². The predicted molar refractivity (Wildman–Crippen MR) is 48.3 cm³/mol. The summed E-state index contributed by atoms with van der Waals surface area (Å²) in [5.74, 6) is 0.231. The van der Waals surface area contributed by atoms with Gasteiger partial charge in [-0.1, -0.05) is 0 Å². The first-order chi connectivity index (χ1) is 5.95. The number of pyridine rings is 1. The zero-order valence-electron chi connectivity index (χ0n) is 7.31. The molecule has 5 nitrogen and oxygen atoms in total. The van der Waals surface area contributed by atoms with Crippen molar-refractivity contribution in [1.82, 2.24) is 4.98 Å². The van der Waals surface area contributed by atoms with Gasteiger partial charge >= 0.3 is 0 Å². The molecule has 0 amide bonds. The molecule has 0 saturated heterocycles. The molecule has 6 heteroatoms. The molecule has 0 radical (unpaired) electrons. The van der Waals surface area contributed by atoms with E-state index < -0.39 is 9.84 Å². The molecule has 0 fully saturated rings. The van der Waals surface area contributed by atoms with Crippen LogP contribution in [0.25, 0.3) is 0 Å². The molecule has 0 aliphatic rings. The monoisotopic (exact) mass is 202 g/mol. The van der Waals surface area contributed by atoms with Crippen LogP contribution in [0.15, 0.2) is 17.2 Å². The van der Waals surface area contributed by atoms with E-state index in [0.29, 0.717) is 0 Å². The van der Waals surface area contributed by atoms with Crippen molar-refractivity contribution in [3.8, 4) is 5.88 Å². The Balaban J connectivity index is 3.36. The van der Waals surface area contributed by atoms with Crippen LogP contribution in [0.5, 0.6) is 5.88 Å². The van der Waals surface area contributed by atoms with E-state index in [0.717, 1.165) is 6.26 Å². The molecule has 0 saturated carbocycles. The first kappa shape index (κ1) is 9.79. The number of rotatable bonds is 2. The van der Waals surface area contributed by atoms with Crippen LogP contribution in [0, 0.1) is 0 Å². The second-order valence-corrected chi connectivity index (χ2v) is 4.45. The molecule has 0 spiro atoms. The lowest BCUT2D eigenvalue weighted by molar-refractivity contribution is 0.394. The fourth-order valence-electron chi connectivity index (χ4n) is 0.845. The standard InChI is InChI=1S/C7H10N2O3S/c1-12-6-4-3-5(8)7(9-6)13(2,10)11/h3-4H,8H2,1-2H3. The van der Waals surface area contributed by atoms with Gasteiger partial charge in [0.05, 0.1) is 12.8 Å². The van der Waals surface area contributed by atoms with Gasteiger partial charge in [0.1, 0.15) is 0 Å².